The Labute approximate surface area is 392 Å². The molecule has 0 aliphatic carbocycles. The van der Waals surface area contributed by atoms with Gasteiger partial charge < -0.3 is 43.4 Å². The molecule has 9 heteroatoms. The second kappa shape index (κ2) is 23.8. The summed E-state index contributed by atoms with van der Waals surface area (Å²) in [5, 5.41) is 24.8. The lowest BCUT2D eigenvalue weighted by Crippen LogP contribution is -2.56. The summed E-state index contributed by atoms with van der Waals surface area (Å²) >= 11 is 0. The minimum absolute atomic E-state index is 0.0755. The minimum atomic E-state index is -0.899. The van der Waals surface area contributed by atoms with Crippen LogP contribution in [0.5, 0.6) is 0 Å². The molecule has 3 heterocycles. The van der Waals surface area contributed by atoms with Crippen molar-refractivity contribution in [2.45, 2.75) is 147 Å². The fourth-order valence-electron chi connectivity index (χ4n) is 10.5. The van der Waals surface area contributed by atoms with Crippen molar-refractivity contribution in [2.75, 3.05) is 13.2 Å². The van der Waals surface area contributed by atoms with E-state index in [-0.39, 0.29) is 54.7 Å². The molecule has 3 fully saturated rings. The molecule has 0 saturated carbocycles. The normalized spacial score (nSPS) is 31.7. The van der Waals surface area contributed by atoms with Gasteiger partial charge >= 0.3 is 0 Å². The van der Waals surface area contributed by atoms with Crippen LogP contribution in [0.1, 0.15) is 82.1 Å². The summed E-state index contributed by atoms with van der Waals surface area (Å²) in [6, 6.07) is 45.6. The molecule has 0 bridgehead atoms. The number of fused-ring (bicyclic) bond motifs is 2. The van der Waals surface area contributed by atoms with Crippen LogP contribution in [-0.2, 0) is 59.6 Å². The summed E-state index contributed by atoms with van der Waals surface area (Å²) in [6.45, 7) is 10.9. The van der Waals surface area contributed by atoms with E-state index in [9.17, 15) is 10.2 Å². The first-order chi connectivity index (χ1) is 32.2. The lowest BCUT2D eigenvalue weighted by molar-refractivity contribution is -0.236. The molecule has 9 nitrogen and oxygen atoms in total. The maximum Gasteiger partial charge on any atom is 0.111 e. The van der Waals surface area contributed by atoms with E-state index in [1.807, 2.05) is 54.6 Å². The molecule has 0 amide bonds. The fraction of sp³-hybridized carbons (Fsp3) is 0.509. The Morgan fingerprint density at radius 3 is 1.73 bits per heavy atom. The summed E-state index contributed by atoms with van der Waals surface area (Å²) in [5.74, 6) is 0.120. The molecule has 5 aromatic carbocycles. The molecular formula is C57H72O9. The molecule has 3 aliphatic rings. The zero-order valence-corrected chi connectivity index (χ0v) is 39.3. The Morgan fingerprint density at radius 2 is 1.08 bits per heavy atom. The Kier molecular flexibility index (Phi) is 17.5. The Morgan fingerprint density at radius 1 is 0.515 bits per heavy atom. The van der Waals surface area contributed by atoms with E-state index < -0.39 is 36.6 Å². The second-order valence-electron chi connectivity index (χ2n) is 19.4. The standard InChI is InChI=1S/C57H72O9/c1-38-29-49(62-36-45-26-27-46-23-14-15-24-47(46)31-45)51(64-53(37-60-33-42-17-8-5-9-18-42)50(30-38)61-34-43-19-10-6-11-20-43)32-52-54(59)41(4)55(63-35-44-21-12-7-13-22-44)57-56(66-52)40(3)39(2)48(65-57)25-16-28-58/h5-15,17-24,26-27,31,38-41,48-59H,16,25,28-30,32-37H2,1-4H3/t38-,39-,40-,41+,48+,49-,50+,51+,52-,53-,54?,55-,56+,57-/m0/s1. The van der Waals surface area contributed by atoms with Gasteiger partial charge in [0.25, 0.3) is 0 Å². The Hall–Kier alpha value is -4.00. The Balaban J connectivity index is 1.11. The fourth-order valence-corrected chi connectivity index (χ4v) is 10.5. The maximum absolute atomic E-state index is 12.7. The SMILES string of the molecule is C[C@H]1C[C@H](OCc2ccc3ccccc3c2)[C@@H](C[C@@H]2O[C@@H]3[C@@H](C)[C@H](C)[C@@H](CCCO)O[C@H]3[C@@H](OCc3ccccc3)[C@H](C)C2O)O[C@@H](COCc2ccccc2)[C@H](OCc2ccccc2)C1. The van der Waals surface area contributed by atoms with Crippen molar-refractivity contribution in [3.63, 3.8) is 0 Å². The summed E-state index contributed by atoms with van der Waals surface area (Å²) in [7, 11) is 0. The van der Waals surface area contributed by atoms with E-state index in [2.05, 4.69) is 107 Å². The third-order valence-corrected chi connectivity index (χ3v) is 14.5. The number of aliphatic hydroxyl groups is 2. The van der Waals surface area contributed by atoms with Gasteiger partial charge in [-0.2, -0.15) is 0 Å². The number of benzene rings is 5. The predicted molar refractivity (Wildman–Crippen MR) is 257 cm³/mol. The number of ether oxygens (including phenoxy) is 7. The van der Waals surface area contributed by atoms with Gasteiger partial charge in [-0.1, -0.05) is 155 Å². The highest BCUT2D eigenvalue weighted by Gasteiger charge is 2.53. The van der Waals surface area contributed by atoms with E-state index in [1.54, 1.807) is 0 Å². The van der Waals surface area contributed by atoms with Crippen molar-refractivity contribution >= 4 is 10.8 Å². The highest BCUT2D eigenvalue weighted by atomic mass is 16.6. The molecule has 8 rings (SSSR count). The molecule has 0 aromatic heterocycles. The van der Waals surface area contributed by atoms with Crippen molar-refractivity contribution in [2.24, 2.45) is 23.7 Å². The van der Waals surface area contributed by atoms with Crippen LogP contribution in [0.15, 0.2) is 133 Å². The van der Waals surface area contributed by atoms with Gasteiger partial charge in [0.2, 0.25) is 0 Å². The van der Waals surface area contributed by atoms with Crippen molar-refractivity contribution in [3.8, 4) is 0 Å². The molecule has 3 saturated heterocycles. The van der Waals surface area contributed by atoms with Gasteiger partial charge in [0.05, 0.1) is 81.9 Å². The maximum atomic E-state index is 12.7. The van der Waals surface area contributed by atoms with Crippen molar-refractivity contribution in [3.05, 3.63) is 156 Å². The van der Waals surface area contributed by atoms with Gasteiger partial charge in [-0.05, 0) is 82.5 Å². The van der Waals surface area contributed by atoms with Crippen LogP contribution < -0.4 is 0 Å². The molecule has 1 unspecified atom stereocenters. The molecule has 3 aliphatic heterocycles. The lowest BCUT2D eigenvalue weighted by Gasteiger charge is -2.47. The monoisotopic (exact) mass is 901 g/mol. The summed E-state index contributed by atoms with van der Waals surface area (Å²) in [4.78, 5) is 0. The highest BCUT2D eigenvalue weighted by Crippen LogP contribution is 2.43. The second-order valence-corrected chi connectivity index (χ2v) is 19.4. The molecule has 66 heavy (non-hydrogen) atoms. The van der Waals surface area contributed by atoms with Crippen molar-refractivity contribution < 1.29 is 43.4 Å². The van der Waals surface area contributed by atoms with Crippen molar-refractivity contribution in [1.82, 2.24) is 0 Å². The van der Waals surface area contributed by atoms with E-state index >= 15 is 0 Å². The number of aliphatic hydroxyl groups excluding tert-OH is 2. The molecule has 14 atom stereocenters. The van der Waals surface area contributed by atoms with Gasteiger partial charge in [-0.15, -0.1) is 0 Å². The van der Waals surface area contributed by atoms with Crippen LogP contribution in [-0.4, -0.2) is 84.5 Å². The summed E-state index contributed by atoms with van der Waals surface area (Å²) < 4.78 is 48.9. The average molecular weight is 901 g/mol. The molecule has 2 N–H and O–H groups in total. The largest absolute Gasteiger partial charge is 0.396 e. The third kappa shape index (κ3) is 12.6. The smallest absolute Gasteiger partial charge is 0.111 e. The first-order valence-electron chi connectivity index (χ1n) is 24.5. The third-order valence-electron chi connectivity index (χ3n) is 14.5. The Bertz CT molecular complexity index is 2170. The number of hydrogen-bond donors (Lipinski definition) is 2. The van der Waals surface area contributed by atoms with Gasteiger partial charge in [-0.25, -0.2) is 0 Å². The predicted octanol–water partition coefficient (Wildman–Crippen LogP) is 10.3. The van der Waals surface area contributed by atoms with Crippen LogP contribution in [0.2, 0.25) is 0 Å². The van der Waals surface area contributed by atoms with Crippen molar-refractivity contribution in [1.29, 1.82) is 0 Å². The molecule has 5 aromatic rings. The topological polar surface area (TPSA) is 105 Å². The van der Waals surface area contributed by atoms with E-state index in [0.717, 1.165) is 41.5 Å². The van der Waals surface area contributed by atoms with Crippen LogP contribution in [0.3, 0.4) is 0 Å². The van der Waals surface area contributed by atoms with Crippen LogP contribution in [0.25, 0.3) is 10.8 Å². The summed E-state index contributed by atoms with van der Waals surface area (Å²) in [6.07, 6.45) is -1.05. The summed E-state index contributed by atoms with van der Waals surface area (Å²) in [5.41, 5.74) is 4.33. The van der Waals surface area contributed by atoms with Gasteiger partial charge in [0.15, 0.2) is 0 Å². The van der Waals surface area contributed by atoms with E-state index in [1.165, 1.54) is 10.8 Å². The first-order valence-corrected chi connectivity index (χ1v) is 24.5. The minimum Gasteiger partial charge on any atom is -0.396 e. The van der Waals surface area contributed by atoms with Crippen LogP contribution in [0, 0.1) is 23.7 Å². The lowest BCUT2D eigenvalue weighted by atomic mass is 9.77. The molecule has 354 valence electrons. The van der Waals surface area contributed by atoms with Crippen LogP contribution in [0.4, 0.5) is 0 Å². The van der Waals surface area contributed by atoms with Crippen LogP contribution >= 0.6 is 0 Å². The zero-order chi connectivity index (χ0) is 45.8. The van der Waals surface area contributed by atoms with E-state index in [0.29, 0.717) is 45.9 Å². The molecular weight excluding hydrogens is 829 g/mol. The molecule has 0 spiro atoms. The van der Waals surface area contributed by atoms with Gasteiger partial charge in [-0.3, -0.25) is 0 Å². The number of hydrogen-bond acceptors (Lipinski definition) is 9. The van der Waals surface area contributed by atoms with Gasteiger partial charge in [0, 0.05) is 18.9 Å². The van der Waals surface area contributed by atoms with Gasteiger partial charge in [0.1, 0.15) is 12.2 Å². The highest BCUT2D eigenvalue weighted by molar-refractivity contribution is 5.82. The zero-order valence-electron chi connectivity index (χ0n) is 39.3. The molecule has 0 radical (unpaired) electrons. The number of rotatable bonds is 18. The average Bonchev–Trinajstić information content (AvgIpc) is 3.44. The first kappa shape index (κ1) is 48.5. The van der Waals surface area contributed by atoms with E-state index in [4.69, 9.17) is 33.2 Å². The quantitative estimate of drug-likeness (QED) is 0.0890.